The monoisotopic (exact) mass is 390 g/mol. The molecule has 0 bridgehead atoms. The number of aromatic nitrogens is 3. The zero-order valence-corrected chi connectivity index (χ0v) is 17.1. The summed E-state index contributed by atoms with van der Waals surface area (Å²) in [4.78, 5) is 10.0. The fourth-order valence-corrected chi connectivity index (χ4v) is 3.74. The van der Waals surface area contributed by atoms with E-state index in [1.54, 1.807) is 24.9 Å². The number of hydrogen-bond acceptors (Lipinski definition) is 4. The van der Waals surface area contributed by atoms with Gasteiger partial charge in [0.1, 0.15) is 11.6 Å². The number of nitrogens with zero attached hydrogens (tertiary/aromatic N) is 4. The lowest BCUT2D eigenvalue weighted by Crippen LogP contribution is -2.46. The molecule has 1 aromatic carbocycles. The normalized spacial score (nSPS) is 17.1. The summed E-state index contributed by atoms with van der Waals surface area (Å²) in [6.45, 7) is 5.51. The van der Waals surface area contributed by atoms with E-state index in [0.29, 0.717) is 18.4 Å². The van der Waals surface area contributed by atoms with E-state index >= 15 is 0 Å². The van der Waals surface area contributed by atoms with E-state index in [1.165, 1.54) is 6.07 Å². The molecular formula is C19H27FN6S. The fraction of sp³-hybridized carbons (Fsp3) is 0.526. The minimum absolute atomic E-state index is 0.223. The van der Waals surface area contributed by atoms with Gasteiger partial charge in [0.2, 0.25) is 0 Å². The van der Waals surface area contributed by atoms with Gasteiger partial charge in [-0.25, -0.2) is 14.1 Å². The molecule has 1 unspecified atom stereocenters. The van der Waals surface area contributed by atoms with Crippen molar-refractivity contribution < 1.29 is 4.39 Å². The van der Waals surface area contributed by atoms with Crippen LogP contribution in [0.1, 0.15) is 43.4 Å². The number of halogens is 1. The van der Waals surface area contributed by atoms with Gasteiger partial charge in [0.15, 0.2) is 11.8 Å². The number of benzene rings is 1. The van der Waals surface area contributed by atoms with Crippen LogP contribution in [0.3, 0.4) is 0 Å². The Hall–Kier alpha value is -2.09. The molecule has 3 rings (SSSR count). The van der Waals surface area contributed by atoms with Gasteiger partial charge in [-0.3, -0.25) is 4.99 Å². The van der Waals surface area contributed by atoms with E-state index in [-0.39, 0.29) is 11.9 Å². The van der Waals surface area contributed by atoms with Gasteiger partial charge in [0.05, 0.1) is 6.54 Å². The number of rotatable bonds is 5. The summed E-state index contributed by atoms with van der Waals surface area (Å²) in [6.07, 6.45) is 3.87. The van der Waals surface area contributed by atoms with Gasteiger partial charge in [0.25, 0.3) is 0 Å². The Morgan fingerprint density at radius 2 is 2.26 bits per heavy atom. The van der Waals surface area contributed by atoms with Gasteiger partial charge < -0.3 is 10.6 Å². The van der Waals surface area contributed by atoms with Crippen LogP contribution in [0.5, 0.6) is 0 Å². The summed E-state index contributed by atoms with van der Waals surface area (Å²) < 4.78 is 15.6. The molecule has 8 heteroatoms. The predicted octanol–water partition coefficient (Wildman–Crippen LogP) is 2.94. The zero-order valence-electron chi connectivity index (χ0n) is 16.3. The molecule has 2 aromatic rings. The predicted molar refractivity (Wildman–Crippen MR) is 108 cm³/mol. The molecule has 27 heavy (non-hydrogen) atoms. The Bertz CT molecular complexity index is 817. The lowest BCUT2D eigenvalue weighted by molar-refractivity contribution is 0.391. The summed E-state index contributed by atoms with van der Waals surface area (Å²) in [6, 6.07) is 5.11. The van der Waals surface area contributed by atoms with E-state index in [4.69, 9.17) is 0 Å². The zero-order chi connectivity index (χ0) is 19.4. The highest BCUT2D eigenvalue weighted by molar-refractivity contribution is 7.98. The van der Waals surface area contributed by atoms with Crippen molar-refractivity contribution in [2.45, 2.75) is 56.6 Å². The van der Waals surface area contributed by atoms with Crippen molar-refractivity contribution in [3.8, 4) is 0 Å². The van der Waals surface area contributed by atoms with Gasteiger partial charge in [-0.05, 0) is 36.4 Å². The summed E-state index contributed by atoms with van der Waals surface area (Å²) in [5, 5.41) is 11.4. The van der Waals surface area contributed by atoms with Crippen molar-refractivity contribution in [3.05, 3.63) is 41.2 Å². The van der Waals surface area contributed by atoms with Crippen molar-refractivity contribution >= 4 is 17.7 Å². The first-order valence-electron chi connectivity index (χ1n) is 9.23. The van der Waals surface area contributed by atoms with E-state index in [9.17, 15) is 4.39 Å². The Kier molecular flexibility index (Phi) is 6.36. The molecule has 1 aromatic heterocycles. The topological polar surface area (TPSA) is 67.1 Å². The highest BCUT2D eigenvalue weighted by atomic mass is 32.2. The molecule has 6 nitrogen and oxygen atoms in total. The largest absolute Gasteiger partial charge is 0.352 e. The second-order valence-electron chi connectivity index (χ2n) is 6.98. The van der Waals surface area contributed by atoms with Crippen LogP contribution in [0.2, 0.25) is 0 Å². The summed E-state index contributed by atoms with van der Waals surface area (Å²) in [5.41, 5.74) is 0.925. The van der Waals surface area contributed by atoms with Gasteiger partial charge in [-0.1, -0.05) is 13.8 Å². The number of nitrogens with one attached hydrogen (secondary N) is 2. The Morgan fingerprint density at radius 3 is 2.96 bits per heavy atom. The lowest BCUT2D eigenvalue weighted by atomic mass is 10.1. The first-order chi connectivity index (χ1) is 13.0. The lowest BCUT2D eigenvalue weighted by Gasteiger charge is -2.25. The molecule has 0 spiro atoms. The van der Waals surface area contributed by atoms with Gasteiger partial charge in [0, 0.05) is 36.9 Å². The molecular weight excluding hydrogens is 363 g/mol. The summed E-state index contributed by atoms with van der Waals surface area (Å²) in [7, 11) is 1.75. The standard InChI is InChI=1S/C19H27FN6S/c1-12(2)18-24-17-8-6-15(11-26(17)25-18)23-19(21-3)22-10-13-9-14(20)5-7-16(13)27-4/h5,7,9,12,15H,6,8,10-11H2,1-4H3,(H2,21,22,23). The summed E-state index contributed by atoms with van der Waals surface area (Å²) >= 11 is 1.61. The molecule has 0 saturated carbocycles. The van der Waals surface area contributed by atoms with Crippen molar-refractivity contribution in [1.82, 2.24) is 25.4 Å². The third kappa shape index (κ3) is 4.80. The first kappa shape index (κ1) is 19.7. The molecule has 2 heterocycles. The van der Waals surface area contributed by atoms with Crippen LogP contribution in [0.4, 0.5) is 4.39 Å². The SMILES string of the molecule is CN=C(NCc1cc(F)ccc1SC)NC1CCc2nc(C(C)C)nn2C1. The molecule has 1 aliphatic rings. The van der Waals surface area contributed by atoms with Gasteiger partial charge in [-0.15, -0.1) is 11.8 Å². The molecule has 0 saturated heterocycles. The van der Waals surface area contributed by atoms with E-state index in [0.717, 1.165) is 41.5 Å². The number of aryl methyl sites for hydroxylation is 1. The third-order valence-corrected chi connectivity index (χ3v) is 5.48. The Balaban J connectivity index is 1.60. The maximum Gasteiger partial charge on any atom is 0.191 e. The van der Waals surface area contributed by atoms with Crippen LogP contribution < -0.4 is 10.6 Å². The quantitative estimate of drug-likeness (QED) is 0.467. The average Bonchev–Trinajstić information content (AvgIpc) is 3.09. The molecule has 2 N–H and O–H groups in total. The van der Waals surface area contributed by atoms with Crippen molar-refractivity contribution in [2.75, 3.05) is 13.3 Å². The molecule has 0 aliphatic carbocycles. The van der Waals surface area contributed by atoms with Crippen LogP contribution in [-0.4, -0.2) is 40.1 Å². The van der Waals surface area contributed by atoms with E-state index in [1.807, 2.05) is 17.0 Å². The highest BCUT2D eigenvalue weighted by Gasteiger charge is 2.23. The van der Waals surface area contributed by atoms with E-state index in [2.05, 4.69) is 39.6 Å². The molecule has 146 valence electrons. The first-order valence-corrected chi connectivity index (χ1v) is 10.5. The second kappa shape index (κ2) is 8.73. The number of fused-ring (bicyclic) bond motifs is 1. The Morgan fingerprint density at radius 1 is 1.44 bits per heavy atom. The van der Waals surface area contributed by atoms with Crippen molar-refractivity contribution in [3.63, 3.8) is 0 Å². The molecule has 0 fully saturated rings. The maximum absolute atomic E-state index is 13.6. The van der Waals surface area contributed by atoms with Gasteiger partial charge >= 0.3 is 0 Å². The number of hydrogen-bond donors (Lipinski definition) is 2. The maximum atomic E-state index is 13.6. The van der Waals surface area contributed by atoms with Crippen LogP contribution >= 0.6 is 11.8 Å². The second-order valence-corrected chi connectivity index (χ2v) is 7.83. The van der Waals surface area contributed by atoms with Crippen LogP contribution in [0.15, 0.2) is 28.1 Å². The Labute approximate surface area is 164 Å². The van der Waals surface area contributed by atoms with Crippen LogP contribution in [0.25, 0.3) is 0 Å². The molecule has 0 radical (unpaired) electrons. The minimum Gasteiger partial charge on any atom is -0.352 e. The number of guanidine groups is 1. The fourth-order valence-electron chi connectivity index (χ4n) is 3.14. The summed E-state index contributed by atoms with van der Waals surface area (Å²) in [5.74, 6) is 2.79. The van der Waals surface area contributed by atoms with E-state index < -0.39 is 0 Å². The molecule has 0 amide bonds. The van der Waals surface area contributed by atoms with Gasteiger partial charge in [-0.2, -0.15) is 5.10 Å². The van der Waals surface area contributed by atoms with Crippen molar-refractivity contribution in [1.29, 1.82) is 0 Å². The minimum atomic E-state index is -0.223. The number of thioether (sulfide) groups is 1. The molecule has 1 atom stereocenters. The smallest absolute Gasteiger partial charge is 0.191 e. The average molecular weight is 391 g/mol. The molecule has 1 aliphatic heterocycles. The highest BCUT2D eigenvalue weighted by Crippen LogP contribution is 2.21. The van der Waals surface area contributed by atoms with Crippen molar-refractivity contribution in [2.24, 2.45) is 4.99 Å². The third-order valence-electron chi connectivity index (χ3n) is 4.64. The van der Waals surface area contributed by atoms with Crippen LogP contribution in [-0.2, 0) is 19.5 Å². The van der Waals surface area contributed by atoms with Crippen LogP contribution in [0, 0.1) is 5.82 Å². The number of aliphatic imine (C=N–C) groups is 1.